The van der Waals surface area contributed by atoms with E-state index in [0.29, 0.717) is 12.2 Å². The van der Waals surface area contributed by atoms with Crippen LogP contribution in [0.5, 0.6) is 0 Å². The molecule has 0 aliphatic carbocycles. The molecule has 0 rings (SSSR count). The van der Waals surface area contributed by atoms with Crippen LogP contribution in [-0.4, -0.2) is 24.4 Å². The van der Waals surface area contributed by atoms with Crippen LogP contribution in [0.3, 0.4) is 0 Å². The van der Waals surface area contributed by atoms with Crippen molar-refractivity contribution in [1.82, 2.24) is 16.2 Å². The Balaban J connectivity index is 3.53. The Labute approximate surface area is 86.5 Å². The van der Waals surface area contributed by atoms with Crippen molar-refractivity contribution in [1.29, 1.82) is 0 Å². The van der Waals surface area contributed by atoms with Crippen molar-refractivity contribution in [2.45, 2.75) is 6.42 Å². The molecule has 0 atom stereocenters. The maximum atomic E-state index is 11.6. The molecular formula is C7H12FN3O2S. The minimum absolute atomic E-state index is 0.118. The molecule has 0 aromatic rings. The second kappa shape index (κ2) is 7.19. The van der Waals surface area contributed by atoms with Gasteiger partial charge in [-0.2, -0.15) is 12.6 Å². The number of hydrogen-bond donors (Lipinski definition) is 4. The van der Waals surface area contributed by atoms with Gasteiger partial charge in [0.2, 0.25) is 5.91 Å². The molecule has 0 bridgehead atoms. The number of hydrazine groups is 1. The monoisotopic (exact) mass is 221 g/mol. The first-order valence-corrected chi connectivity index (χ1v) is 4.46. The van der Waals surface area contributed by atoms with E-state index in [1.54, 1.807) is 5.43 Å². The average molecular weight is 221 g/mol. The van der Waals surface area contributed by atoms with Crippen LogP contribution >= 0.6 is 12.6 Å². The van der Waals surface area contributed by atoms with Gasteiger partial charge in [0.05, 0.1) is 6.54 Å². The summed E-state index contributed by atoms with van der Waals surface area (Å²) in [6.45, 7) is 3.55. The first kappa shape index (κ1) is 12.8. The van der Waals surface area contributed by atoms with Gasteiger partial charge in [-0.05, 0) is 5.75 Å². The van der Waals surface area contributed by atoms with Crippen molar-refractivity contribution in [3.63, 3.8) is 0 Å². The molecule has 2 amide bonds. The quantitative estimate of drug-likeness (QED) is 0.223. The topological polar surface area (TPSA) is 70.2 Å². The minimum Gasteiger partial charge on any atom is -0.350 e. The number of carbonyl (C=O) groups is 2. The Hall–Kier alpha value is -1.24. The van der Waals surface area contributed by atoms with E-state index < -0.39 is 6.16 Å². The van der Waals surface area contributed by atoms with E-state index in [9.17, 15) is 14.0 Å². The highest BCUT2D eigenvalue weighted by Crippen LogP contribution is 1.85. The Morgan fingerprint density at radius 1 is 1.36 bits per heavy atom. The van der Waals surface area contributed by atoms with Gasteiger partial charge < -0.3 is 5.32 Å². The molecule has 0 aliphatic rings. The molecule has 0 unspecified atom stereocenters. The van der Waals surface area contributed by atoms with Crippen LogP contribution in [0.25, 0.3) is 0 Å². The van der Waals surface area contributed by atoms with Gasteiger partial charge >= 0.3 is 6.16 Å². The minimum atomic E-state index is -1.71. The van der Waals surface area contributed by atoms with Gasteiger partial charge in [-0.1, -0.05) is 6.58 Å². The first-order valence-electron chi connectivity index (χ1n) is 3.83. The smallest absolute Gasteiger partial charge is 0.350 e. The van der Waals surface area contributed by atoms with Crippen molar-refractivity contribution in [3.05, 3.63) is 12.3 Å². The number of amides is 2. The Morgan fingerprint density at radius 2 is 2.00 bits per heavy atom. The zero-order valence-electron chi connectivity index (χ0n) is 7.47. The van der Waals surface area contributed by atoms with Crippen LogP contribution in [0.4, 0.5) is 9.18 Å². The third-order valence-electron chi connectivity index (χ3n) is 1.18. The molecule has 0 aromatic carbocycles. The van der Waals surface area contributed by atoms with E-state index in [1.165, 1.54) is 0 Å². The normalized spacial score (nSPS) is 9.00. The fourth-order valence-corrected chi connectivity index (χ4v) is 0.780. The highest BCUT2D eigenvalue weighted by Gasteiger charge is 2.00. The Bertz CT molecular complexity index is 235. The number of rotatable bonds is 6. The Kier molecular flexibility index (Phi) is 6.55. The van der Waals surface area contributed by atoms with Gasteiger partial charge in [0.15, 0.2) is 0 Å². The Morgan fingerprint density at radius 3 is 2.50 bits per heavy atom. The van der Waals surface area contributed by atoms with E-state index in [-0.39, 0.29) is 18.1 Å². The summed E-state index contributed by atoms with van der Waals surface area (Å²) in [5.74, 6) is 0.266. The lowest BCUT2D eigenvalue weighted by Crippen LogP contribution is -2.38. The molecule has 0 aromatic heterocycles. The van der Waals surface area contributed by atoms with Gasteiger partial charge in [0, 0.05) is 12.1 Å². The summed E-state index contributed by atoms with van der Waals surface area (Å²) in [6.07, 6.45) is -1.42. The van der Waals surface area contributed by atoms with Crippen molar-refractivity contribution < 1.29 is 14.0 Å². The molecule has 5 nitrogen and oxygen atoms in total. The molecule has 0 heterocycles. The molecular weight excluding hydrogens is 209 g/mol. The number of halogens is 1. The van der Waals surface area contributed by atoms with Gasteiger partial charge in [0.25, 0.3) is 0 Å². The van der Waals surface area contributed by atoms with Crippen LogP contribution in [0.2, 0.25) is 0 Å². The second-order valence-electron chi connectivity index (χ2n) is 2.38. The van der Waals surface area contributed by atoms with E-state index in [0.717, 1.165) is 0 Å². The standard InChI is InChI=1S/C7H12FN3O2S/c1-5(10-11-7(8)13)4-9-6(12)2-3-14/h10,14H,1-4H2,(H,9,12)(H,11,13). The van der Waals surface area contributed by atoms with Crippen molar-refractivity contribution >= 4 is 24.7 Å². The van der Waals surface area contributed by atoms with Gasteiger partial charge in [0.1, 0.15) is 0 Å². The highest BCUT2D eigenvalue weighted by molar-refractivity contribution is 7.80. The molecule has 7 heteroatoms. The summed E-state index contributed by atoms with van der Waals surface area (Å²) in [5.41, 5.74) is 4.14. The average Bonchev–Trinajstić information content (AvgIpc) is 2.12. The lowest BCUT2D eigenvalue weighted by molar-refractivity contribution is -0.120. The maximum Gasteiger partial charge on any atom is 0.416 e. The summed E-state index contributed by atoms with van der Waals surface area (Å²) in [7, 11) is 0. The second-order valence-corrected chi connectivity index (χ2v) is 2.82. The fraction of sp³-hybridized carbons (Fsp3) is 0.429. The summed E-state index contributed by atoms with van der Waals surface area (Å²) >= 11 is 3.87. The fourth-order valence-electron chi connectivity index (χ4n) is 0.577. The SMILES string of the molecule is C=C(CNC(=O)CCS)NNC(=O)F. The molecule has 0 saturated carbocycles. The summed E-state index contributed by atoms with van der Waals surface area (Å²) in [5, 5.41) is 2.48. The molecule has 14 heavy (non-hydrogen) atoms. The lowest BCUT2D eigenvalue weighted by Gasteiger charge is -2.08. The summed E-state index contributed by atoms with van der Waals surface area (Å²) in [6, 6.07) is 0. The molecule has 0 spiro atoms. The van der Waals surface area contributed by atoms with E-state index in [4.69, 9.17) is 0 Å². The van der Waals surface area contributed by atoms with Crippen molar-refractivity contribution in [2.75, 3.05) is 12.3 Å². The molecule has 3 N–H and O–H groups in total. The molecule has 0 aliphatic heterocycles. The maximum absolute atomic E-state index is 11.6. The van der Waals surface area contributed by atoms with Crippen LogP contribution in [0, 0.1) is 0 Å². The van der Waals surface area contributed by atoms with Crippen LogP contribution in [0.15, 0.2) is 12.3 Å². The van der Waals surface area contributed by atoms with Gasteiger partial charge in [-0.3, -0.25) is 10.2 Å². The van der Waals surface area contributed by atoms with Crippen molar-refractivity contribution in [3.8, 4) is 0 Å². The zero-order valence-corrected chi connectivity index (χ0v) is 8.36. The molecule has 0 radical (unpaired) electrons. The molecule has 0 saturated heterocycles. The number of hydrogen-bond acceptors (Lipinski definition) is 4. The van der Waals surface area contributed by atoms with Gasteiger partial charge in [-0.25, -0.2) is 10.2 Å². The zero-order chi connectivity index (χ0) is 11.0. The van der Waals surface area contributed by atoms with Crippen LogP contribution in [-0.2, 0) is 4.79 Å². The summed E-state index contributed by atoms with van der Waals surface area (Å²) < 4.78 is 11.6. The first-order chi connectivity index (χ1) is 6.56. The lowest BCUT2D eigenvalue weighted by atomic mass is 10.4. The predicted octanol–water partition coefficient (Wildman–Crippen LogP) is 0.120. The largest absolute Gasteiger partial charge is 0.416 e. The van der Waals surface area contributed by atoms with Crippen LogP contribution in [0.1, 0.15) is 6.42 Å². The number of carbonyl (C=O) groups excluding carboxylic acids is 2. The van der Waals surface area contributed by atoms with E-state index in [2.05, 4.69) is 30.0 Å². The molecule has 0 fully saturated rings. The highest BCUT2D eigenvalue weighted by atomic mass is 32.1. The number of thiol groups is 1. The third-order valence-corrected chi connectivity index (χ3v) is 1.40. The third kappa shape index (κ3) is 7.41. The predicted molar refractivity (Wildman–Crippen MR) is 53.4 cm³/mol. The van der Waals surface area contributed by atoms with E-state index in [1.807, 2.05) is 0 Å². The van der Waals surface area contributed by atoms with Gasteiger partial charge in [-0.15, -0.1) is 4.39 Å². The molecule has 80 valence electrons. The van der Waals surface area contributed by atoms with E-state index >= 15 is 0 Å². The number of nitrogens with one attached hydrogen (secondary N) is 3. The van der Waals surface area contributed by atoms with Crippen molar-refractivity contribution in [2.24, 2.45) is 0 Å². The van der Waals surface area contributed by atoms with Crippen LogP contribution < -0.4 is 16.2 Å². The summed E-state index contributed by atoms with van der Waals surface area (Å²) in [4.78, 5) is 20.7.